The molecule has 0 aromatic carbocycles. The molecule has 2 saturated heterocycles. The Morgan fingerprint density at radius 1 is 1.26 bits per heavy atom. The Kier molecular flexibility index (Phi) is 5.08. The van der Waals surface area contributed by atoms with E-state index in [2.05, 4.69) is 41.0 Å². The number of likely N-dealkylation sites (tertiary alicyclic amines) is 2. The van der Waals surface area contributed by atoms with Gasteiger partial charge in [-0.3, -0.25) is 4.99 Å². The summed E-state index contributed by atoms with van der Waals surface area (Å²) in [5.74, 6) is 2.65. The molecule has 0 aliphatic carbocycles. The number of rotatable bonds is 2. The van der Waals surface area contributed by atoms with Gasteiger partial charge in [0, 0.05) is 32.7 Å². The minimum atomic E-state index is 0.677. The van der Waals surface area contributed by atoms with E-state index >= 15 is 0 Å². The molecule has 0 aromatic heterocycles. The molecule has 1 N–H and O–H groups in total. The van der Waals surface area contributed by atoms with Gasteiger partial charge in [0.1, 0.15) is 0 Å². The highest BCUT2D eigenvalue weighted by Crippen LogP contribution is 2.21. The molecule has 2 rings (SSSR count). The Morgan fingerprint density at radius 2 is 1.95 bits per heavy atom. The highest BCUT2D eigenvalue weighted by atomic mass is 15.3. The van der Waals surface area contributed by atoms with Crippen LogP contribution in [-0.2, 0) is 0 Å². The second kappa shape index (κ2) is 6.60. The summed E-state index contributed by atoms with van der Waals surface area (Å²) in [4.78, 5) is 9.38. The van der Waals surface area contributed by atoms with Crippen molar-refractivity contribution in [1.29, 1.82) is 0 Å². The van der Waals surface area contributed by atoms with Gasteiger partial charge in [0.15, 0.2) is 5.96 Å². The highest BCUT2D eigenvalue weighted by molar-refractivity contribution is 5.80. The fraction of sp³-hybridized carbons (Fsp3) is 0.933. The van der Waals surface area contributed by atoms with Crippen molar-refractivity contribution in [3.05, 3.63) is 0 Å². The van der Waals surface area contributed by atoms with E-state index in [9.17, 15) is 0 Å². The number of guanidine groups is 1. The lowest BCUT2D eigenvalue weighted by Gasteiger charge is -2.37. The van der Waals surface area contributed by atoms with E-state index in [1.54, 1.807) is 0 Å². The fourth-order valence-electron chi connectivity index (χ4n) is 3.61. The molecule has 110 valence electrons. The third-order valence-corrected chi connectivity index (χ3v) is 4.55. The van der Waals surface area contributed by atoms with E-state index in [1.165, 1.54) is 25.8 Å². The van der Waals surface area contributed by atoms with Crippen molar-refractivity contribution in [2.45, 2.75) is 39.2 Å². The van der Waals surface area contributed by atoms with Gasteiger partial charge in [-0.1, -0.05) is 13.8 Å². The fourth-order valence-corrected chi connectivity index (χ4v) is 3.61. The predicted molar refractivity (Wildman–Crippen MR) is 81.5 cm³/mol. The van der Waals surface area contributed by atoms with Crippen molar-refractivity contribution < 1.29 is 0 Å². The molecule has 4 nitrogen and oxygen atoms in total. The predicted octanol–water partition coefficient (Wildman–Crippen LogP) is 1.63. The monoisotopic (exact) mass is 266 g/mol. The zero-order valence-corrected chi connectivity index (χ0v) is 13.0. The van der Waals surface area contributed by atoms with Crippen LogP contribution >= 0.6 is 0 Å². The summed E-state index contributed by atoms with van der Waals surface area (Å²) < 4.78 is 0. The molecule has 0 aromatic rings. The molecular weight excluding hydrogens is 236 g/mol. The largest absolute Gasteiger partial charge is 0.355 e. The van der Waals surface area contributed by atoms with Crippen LogP contribution in [0.4, 0.5) is 0 Å². The van der Waals surface area contributed by atoms with Gasteiger partial charge in [-0.15, -0.1) is 0 Å². The molecule has 2 fully saturated rings. The summed E-state index contributed by atoms with van der Waals surface area (Å²) in [5.41, 5.74) is 0. The summed E-state index contributed by atoms with van der Waals surface area (Å²) >= 11 is 0. The van der Waals surface area contributed by atoms with Crippen molar-refractivity contribution in [3.8, 4) is 0 Å². The number of hydrogen-bond acceptors (Lipinski definition) is 2. The molecule has 0 bridgehead atoms. The van der Waals surface area contributed by atoms with Gasteiger partial charge in [0.25, 0.3) is 0 Å². The maximum atomic E-state index is 4.48. The van der Waals surface area contributed by atoms with Crippen molar-refractivity contribution in [2.24, 2.45) is 16.8 Å². The minimum Gasteiger partial charge on any atom is -0.355 e. The zero-order valence-electron chi connectivity index (χ0n) is 13.0. The van der Waals surface area contributed by atoms with Crippen LogP contribution in [-0.4, -0.2) is 62.1 Å². The third kappa shape index (κ3) is 3.85. The van der Waals surface area contributed by atoms with Gasteiger partial charge in [-0.25, -0.2) is 0 Å². The number of likely N-dealkylation sites (N-methyl/N-ethyl adjacent to an activating group) is 1. The van der Waals surface area contributed by atoms with Gasteiger partial charge >= 0.3 is 0 Å². The van der Waals surface area contributed by atoms with Crippen molar-refractivity contribution in [2.75, 3.05) is 40.3 Å². The first-order chi connectivity index (χ1) is 9.10. The van der Waals surface area contributed by atoms with Crippen LogP contribution in [0.2, 0.25) is 0 Å². The van der Waals surface area contributed by atoms with Crippen LogP contribution in [0.1, 0.15) is 33.1 Å². The Morgan fingerprint density at radius 3 is 2.47 bits per heavy atom. The smallest absolute Gasteiger partial charge is 0.193 e. The number of hydrogen-bond donors (Lipinski definition) is 1. The van der Waals surface area contributed by atoms with Gasteiger partial charge < -0.3 is 15.1 Å². The number of nitrogens with one attached hydrogen (secondary N) is 1. The molecule has 0 spiro atoms. The summed E-state index contributed by atoms with van der Waals surface area (Å²) in [6, 6.07) is 0.677. The van der Waals surface area contributed by atoms with E-state index in [4.69, 9.17) is 0 Å². The SMILES string of the molecule is CN=C(NCC1CCCN1C)N1CC(C)CC(C)C1. The topological polar surface area (TPSA) is 30.9 Å². The van der Waals surface area contributed by atoms with Crippen LogP contribution in [0, 0.1) is 11.8 Å². The second-order valence-corrected chi connectivity index (χ2v) is 6.56. The molecule has 19 heavy (non-hydrogen) atoms. The van der Waals surface area contributed by atoms with Crippen LogP contribution in [0.5, 0.6) is 0 Å². The van der Waals surface area contributed by atoms with Gasteiger partial charge in [0.05, 0.1) is 0 Å². The maximum absolute atomic E-state index is 4.48. The van der Waals surface area contributed by atoms with Crippen LogP contribution in [0.25, 0.3) is 0 Å². The Hall–Kier alpha value is -0.770. The third-order valence-electron chi connectivity index (χ3n) is 4.55. The lowest BCUT2D eigenvalue weighted by molar-refractivity contribution is 0.206. The van der Waals surface area contributed by atoms with E-state index in [0.29, 0.717) is 6.04 Å². The van der Waals surface area contributed by atoms with Crippen molar-refractivity contribution >= 4 is 5.96 Å². The molecule has 3 unspecified atom stereocenters. The maximum Gasteiger partial charge on any atom is 0.193 e. The number of aliphatic imine (C=N–C) groups is 1. The molecular formula is C15H30N4. The van der Waals surface area contributed by atoms with Crippen molar-refractivity contribution in [1.82, 2.24) is 15.1 Å². The Labute approximate surface area is 118 Å². The zero-order chi connectivity index (χ0) is 13.8. The normalized spacial score (nSPS) is 33.8. The van der Waals surface area contributed by atoms with Crippen LogP contribution in [0.3, 0.4) is 0 Å². The standard InChI is InChI=1S/C15H30N4/c1-12-8-13(2)11-19(10-12)15(16-3)17-9-14-6-5-7-18(14)4/h12-14H,5-11H2,1-4H3,(H,16,17). The lowest BCUT2D eigenvalue weighted by Crippen LogP contribution is -2.50. The van der Waals surface area contributed by atoms with Gasteiger partial charge in [-0.2, -0.15) is 0 Å². The first-order valence-electron chi connectivity index (χ1n) is 7.76. The molecule has 0 radical (unpaired) electrons. The second-order valence-electron chi connectivity index (χ2n) is 6.56. The molecule has 0 amide bonds. The summed E-state index contributed by atoms with van der Waals surface area (Å²) in [6.45, 7) is 9.25. The number of nitrogens with zero attached hydrogens (tertiary/aromatic N) is 3. The van der Waals surface area contributed by atoms with E-state index in [1.807, 2.05) is 7.05 Å². The molecule has 3 atom stereocenters. The van der Waals surface area contributed by atoms with Gasteiger partial charge in [0.2, 0.25) is 0 Å². The number of piperidine rings is 1. The highest BCUT2D eigenvalue weighted by Gasteiger charge is 2.25. The molecule has 2 aliphatic heterocycles. The first-order valence-corrected chi connectivity index (χ1v) is 7.76. The van der Waals surface area contributed by atoms with Gasteiger partial charge in [-0.05, 0) is 44.7 Å². The summed E-state index contributed by atoms with van der Waals surface area (Å²) in [7, 11) is 4.14. The molecule has 2 aliphatic rings. The Balaban J connectivity index is 1.86. The van der Waals surface area contributed by atoms with E-state index < -0.39 is 0 Å². The quantitative estimate of drug-likeness (QED) is 0.609. The molecule has 2 heterocycles. The van der Waals surface area contributed by atoms with Crippen LogP contribution < -0.4 is 5.32 Å². The molecule has 0 saturated carbocycles. The average molecular weight is 266 g/mol. The average Bonchev–Trinajstić information content (AvgIpc) is 2.75. The summed E-state index contributed by atoms with van der Waals surface area (Å²) in [5, 5.41) is 3.59. The first kappa shape index (κ1) is 14.6. The van der Waals surface area contributed by atoms with Crippen LogP contribution in [0.15, 0.2) is 4.99 Å². The molecule has 4 heteroatoms. The summed E-state index contributed by atoms with van der Waals surface area (Å²) in [6.07, 6.45) is 3.99. The van der Waals surface area contributed by atoms with Crippen molar-refractivity contribution in [3.63, 3.8) is 0 Å². The van der Waals surface area contributed by atoms with E-state index in [0.717, 1.165) is 37.4 Å². The minimum absolute atomic E-state index is 0.677. The Bertz CT molecular complexity index is 305. The van der Waals surface area contributed by atoms with E-state index in [-0.39, 0.29) is 0 Å². The lowest BCUT2D eigenvalue weighted by atomic mass is 9.92.